The third-order valence-electron chi connectivity index (χ3n) is 6.11. The first kappa shape index (κ1) is 21.1. The van der Waals surface area contributed by atoms with Gasteiger partial charge >= 0.3 is 6.16 Å². The number of hydrogen-bond acceptors (Lipinski definition) is 3. The van der Waals surface area contributed by atoms with E-state index in [9.17, 15) is 4.79 Å². The number of carbonyl (C=O) groups is 1. The van der Waals surface area contributed by atoms with Crippen LogP contribution in [0.4, 0.5) is 4.79 Å². The first-order chi connectivity index (χ1) is 12.7. The van der Waals surface area contributed by atoms with Crippen LogP contribution in [0.5, 0.6) is 0 Å². The van der Waals surface area contributed by atoms with Crippen LogP contribution in [0.2, 0.25) is 0 Å². The maximum atomic E-state index is 11.6. The quantitative estimate of drug-likeness (QED) is 0.265. The van der Waals surface area contributed by atoms with Crippen LogP contribution in [-0.2, 0) is 9.47 Å². The maximum absolute atomic E-state index is 11.6. The predicted octanol–water partition coefficient (Wildman–Crippen LogP) is 6.97. The first-order valence-corrected chi connectivity index (χ1v) is 10.8. The summed E-state index contributed by atoms with van der Waals surface area (Å²) in [6.45, 7) is 5.27. The minimum Gasteiger partial charge on any atom is -0.434 e. The molecule has 3 heteroatoms. The summed E-state index contributed by atoms with van der Waals surface area (Å²) in [7, 11) is 0. The average molecular weight is 363 g/mol. The Labute approximate surface area is 160 Å². The van der Waals surface area contributed by atoms with Gasteiger partial charge in [-0.15, -0.1) is 0 Å². The van der Waals surface area contributed by atoms with E-state index in [2.05, 4.69) is 26.0 Å². The smallest absolute Gasteiger partial charge is 0.434 e. The Hall–Kier alpha value is -1.25. The Morgan fingerprint density at radius 3 is 1.50 bits per heavy atom. The highest BCUT2D eigenvalue weighted by atomic mass is 16.7. The Kier molecular flexibility index (Phi) is 9.87. The van der Waals surface area contributed by atoms with Gasteiger partial charge in [0.05, 0.1) is 13.2 Å². The van der Waals surface area contributed by atoms with E-state index in [0.29, 0.717) is 13.2 Å². The molecule has 0 aromatic carbocycles. The van der Waals surface area contributed by atoms with Crippen molar-refractivity contribution in [1.82, 2.24) is 0 Å². The van der Waals surface area contributed by atoms with Gasteiger partial charge in [-0.2, -0.15) is 0 Å². The second-order valence-electron chi connectivity index (χ2n) is 8.09. The monoisotopic (exact) mass is 362 g/mol. The average Bonchev–Trinajstić information content (AvgIpc) is 2.69. The van der Waals surface area contributed by atoms with Crippen LogP contribution in [0.3, 0.4) is 0 Å². The lowest BCUT2D eigenvalue weighted by Gasteiger charge is -2.22. The van der Waals surface area contributed by atoms with Gasteiger partial charge in [0, 0.05) is 0 Å². The van der Waals surface area contributed by atoms with E-state index in [1.165, 1.54) is 75.4 Å². The van der Waals surface area contributed by atoms with E-state index in [4.69, 9.17) is 9.47 Å². The molecule has 3 nitrogen and oxygen atoms in total. The molecule has 26 heavy (non-hydrogen) atoms. The van der Waals surface area contributed by atoms with Crippen LogP contribution < -0.4 is 0 Å². The molecule has 0 radical (unpaired) electrons. The zero-order valence-corrected chi connectivity index (χ0v) is 16.9. The highest BCUT2D eigenvalue weighted by molar-refractivity contribution is 5.59. The van der Waals surface area contributed by atoms with E-state index in [1.54, 1.807) is 0 Å². The topological polar surface area (TPSA) is 35.5 Å². The predicted molar refractivity (Wildman–Crippen MR) is 107 cm³/mol. The lowest BCUT2D eigenvalue weighted by atomic mass is 9.84. The summed E-state index contributed by atoms with van der Waals surface area (Å²) in [6.07, 6.45) is 19.0. The van der Waals surface area contributed by atoms with Crippen LogP contribution in [-0.4, -0.2) is 19.4 Å². The minimum absolute atomic E-state index is 0.417. The number of ether oxygens (including phenoxy) is 2. The van der Waals surface area contributed by atoms with E-state index < -0.39 is 6.16 Å². The molecule has 0 aromatic rings. The lowest BCUT2D eigenvalue weighted by Crippen LogP contribution is -2.10. The Balaban J connectivity index is 1.53. The maximum Gasteiger partial charge on any atom is 0.508 e. The van der Waals surface area contributed by atoms with Gasteiger partial charge in [-0.25, -0.2) is 4.79 Å². The first-order valence-electron chi connectivity index (χ1n) is 10.8. The van der Waals surface area contributed by atoms with Crippen LogP contribution in [0.1, 0.15) is 90.9 Å². The van der Waals surface area contributed by atoms with E-state index in [1.807, 2.05) is 0 Å². The summed E-state index contributed by atoms with van der Waals surface area (Å²) in [5.74, 6) is 1.49. The van der Waals surface area contributed by atoms with Crippen molar-refractivity contribution in [2.24, 2.45) is 11.8 Å². The van der Waals surface area contributed by atoms with Crippen molar-refractivity contribution in [1.29, 1.82) is 0 Å². The Morgan fingerprint density at radius 1 is 0.731 bits per heavy atom. The van der Waals surface area contributed by atoms with Crippen molar-refractivity contribution in [2.75, 3.05) is 13.2 Å². The molecule has 2 aliphatic rings. The molecule has 2 saturated carbocycles. The fraction of sp³-hybridized carbons (Fsp3) is 0.783. The standard InChI is InChI=1S/C23H38O3/c1-19(21-13-5-3-6-14-21)11-9-17-25-23(24)26-18-10-12-20(2)22-15-7-4-8-16-22/h11-12,21-22H,3-10,13-18H2,1-2H3/b19-11-,20-12-. The zero-order chi connectivity index (χ0) is 18.6. The van der Waals surface area contributed by atoms with Crippen LogP contribution in [0, 0.1) is 11.8 Å². The molecule has 0 heterocycles. The normalized spacial score (nSPS) is 20.8. The molecule has 0 bridgehead atoms. The highest BCUT2D eigenvalue weighted by Gasteiger charge is 2.15. The third-order valence-corrected chi connectivity index (χ3v) is 6.11. The highest BCUT2D eigenvalue weighted by Crippen LogP contribution is 2.30. The van der Waals surface area contributed by atoms with Gasteiger partial charge in [0.25, 0.3) is 0 Å². The number of rotatable bonds is 8. The van der Waals surface area contributed by atoms with Gasteiger partial charge in [-0.1, -0.05) is 61.8 Å². The van der Waals surface area contributed by atoms with Gasteiger partial charge < -0.3 is 9.47 Å². The summed E-state index contributed by atoms with van der Waals surface area (Å²) in [5, 5.41) is 0. The summed E-state index contributed by atoms with van der Waals surface area (Å²) in [5.41, 5.74) is 2.93. The molecule has 0 amide bonds. The molecule has 0 saturated heterocycles. The minimum atomic E-state index is -0.530. The summed E-state index contributed by atoms with van der Waals surface area (Å²) < 4.78 is 10.4. The SMILES string of the molecule is C/C(=C/CCOC(=O)OCC/C=C(/C)C1CCCCC1)C1CCCCC1. The lowest BCUT2D eigenvalue weighted by molar-refractivity contribution is 0.0576. The largest absolute Gasteiger partial charge is 0.508 e. The van der Waals surface area contributed by atoms with Crippen LogP contribution in [0.25, 0.3) is 0 Å². The fourth-order valence-electron chi connectivity index (χ4n) is 4.35. The molecule has 0 N–H and O–H groups in total. The van der Waals surface area contributed by atoms with Gasteiger partial charge in [0.2, 0.25) is 0 Å². The summed E-state index contributed by atoms with van der Waals surface area (Å²) >= 11 is 0. The molecule has 0 unspecified atom stereocenters. The zero-order valence-electron chi connectivity index (χ0n) is 16.9. The second-order valence-corrected chi connectivity index (χ2v) is 8.09. The Bertz CT molecular complexity index is 424. The van der Waals surface area contributed by atoms with Crippen molar-refractivity contribution in [3.63, 3.8) is 0 Å². The Morgan fingerprint density at radius 2 is 1.12 bits per heavy atom. The molecule has 0 aliphatic heterocycles. The molecule has 0 atom stereocenters. The van der Waals surface area contributed by atoms with Gasteiger partial charge in [0.15, 0.2) is 0 Å². The molecule has 2 fully saturated rings. The van der Waals surface area contributed by atoms with E-state index in [-0.39, 0.29) is 0 Å². The summed E-state index contributed by atoms with van der Waals surface area (Å²) in [6, 6.07) is 0. The second kappa shape index (κ2) is 12.2. The van der Waals surface area contributed by atoms with Crippen molar-refractivity contribution >= 4 is 6.16 Å². The van der Waals surface area contributed by atoms with Crippen molar-refractivity contribution in [2.45, 2.75) is 90.9 Å². The number of allylic oxidation sites excluding steroid dienone is 2. The van der Waals surface area contributed by atoms with Crippen LogP contribution in [0.15, 0.2) is 23.3 Å². The summed E-state index contributed by atoms with van der Waals surface area (Å²) in [4.78, 5) is 11.6. The molecular formula is C23H38O3. The van der Waals surface area contributed by atoms with Gasteiger partial charge in [-0.05, 0) is 64.2 Å². The molecule has 0 spiro atoms. The molecular weight excluding hydrogens is 324 g/mol. The third kappa shape index (κ3) is 7.97. The number of hydrogen-bond donors (Lipinski definition) is 0. The van der Waals surface area contributed by atoms with Crippen molar-refractivity contribution < 1.29 is 14.3 Å². The molecule has 2 rings (SSSR count). The van der Waals surface area contributed by atoms with Crippen molar-refractivity contribution in [3.8, 4) is 0 Å². The fourth-order valence-corrected chi connectivity index (χ4v) is 4.35. The van der Waals surface area contributed by atoms with E-state index >= 15 is 0 Å². The number of carbonyl (C=O) groups excluding carboxylic acids is 1. The van der Waals surface area contributed by atoms with Crippen LogP contribution >= 0.6 is 0 Å². The van der Waals surface area contributed by atoms with E-state index in [0.717, 1.165) is 24.7 Å². The van der Waals surface area contributed by atoms with Gasteiger partial charge in [-0.3, -0.25) is 0 Å². The van der Waals surface area contributed by atoms with Crippen molar-refractivity contribution in [3.05, 3.63) is 23.3 Å². The molecule has 2 aliphatic carbocycles. The van der Waals surface area contributed by atoms with Gasteiger partial charge in [0.1, 0.15) is 0 Å². The molecule has 0 aromatic heterocycles. The molecule has 148 valence electrons.